The molecule has 9 fully saturated rings. The van der Waals surface area contributed by atoms with Gasteiger partial charge in [0.1, 0.15) is 189 Å². The van der Waals surface area contributed by atoms with Crippen molar-refractivity contribution in [2.45, 2.75) is 298 Å². The summed E-state index contributed by atoms with van der Waals surface area (Å²) in [7, 11) is 3.51. The summed E-state index contributed by atoms with van der Waals surface area (Å²) in [6, 6.07) is 0. The first-order chi connectivity index (χ1) is 45.9. The minimum atomic E-state index is -2.28. The molecule has 9 aliphatic heterocycles. The van der Waals surface area contributed by atoms with Gasteiger partial charge < -0.3 is 202 Å². The SMILES string of the molecule is COC[C@H]1O[C@H](O[C@H]2O[C@H](CO)[C@@H](O)[C@H](O)[C@H]2O)[C@H](O)[C@@H](O[C@@H]2O[C@@H](C)[C@H](O)[C@@H](O[C@@H]3O[C@H](CO)[C@@H](O)[C@H](O[C@@H]4O[C@@H](C)[C@H](O)[C@@H](O[C@@H]5O[C@@H](C)[C@H](O)[C@@H](O[C@@H]6O[C@H](CO)[C@@H](O)[C@H](O[C@@H]7O[C@@H](C)[C@@H](O)[C@@H](O)[C@@H]7OC)[C@H]6O)[C@H]5OC)[C@H]4O[C@@H]4OC[C@@H](O)[C@H](O)[C@H]4O)[C@H]3O)[C@H]2O)[C@@H]1O. The normalized spacial score (nSPS) is 54.2. The van der Waals surface area contributed by atoms with E-state index in [9.17, 15) is 107 Å². The molecular formula is C56H96O41. The van der Waals surface area contributed by atoms with E-state index in [0.717, 1.165) is 7.11 Å². The second-order valence-corrected chi connectivity index (χ2v) is 25.4. The maximum atomic E-state index is 12.2. The first-order valence-electron chi connectivity index (χ1n) is 31.7. The maximum absolute atomic E-state index is 12.2. The Bertz CT molecular complexity index is 2380. The molecule has 9 aliphatic rings. The predicted octanol–water partition coefficient (Wildman–Crippen LogP) is -13.9. The average Bonchev–Trinajstić information content (AvgIpc) is 0.770. The van der Waals surface area contributed by atoms with Crippen LogP contribution >= 0.6 is 0 Å². The van der Waals surface area contributed by atoms with Gasteiger partial charge >= 0.3 is 0 Å². The number of aliphatic hydroxyl groups is 21. The number of ether oxygens (including phenoxy) is 20. The Labute approximate surface area is 553 Å². The third-order valence-electron chi connectivity index (χ3n) is 18.9. The zero-order chi connectivity index (χ0) is 71.1. The van der Waals surface area contributed by atoms with E-state index in [-0.39, 0.29) is 0 Å². The summed E-state index contributed by atoms with van der Waals surface area (Å²) < 4.78 is 117. The molecule has 0 unspecified atom stereocenters. The third-order valence-corrected chi connectivity index (χ3v) is 18.9. The molecule has 0 bridgehead atoms. The van der Waals surface area contributed by atoms with Crippen LogP contribution in [0.15, 0.2) is 0 Å². The topological polar surface area (TPSA) is 609 Å². The average molecular weight is 1430 g/mol. The molecule has 0 radical (unpaired) electrons. The molecule has 9 saturated heterocycles. The Kier molecular flexibility index (Phi) is 27.9. The molecule has 44 atom stereocenters. The largest absolute Gasteiger partial charge is 0.394 e. The molecule has 0 aliphatic carbocycles. The molecule has 9 rings (SSSR count). The summed E-state index contributed by atoms with van der Waals surface area (Å²) in [5.41, 5.74) is 0. The van der Waals surface area contributed by atoms with Crippen LogP contribution < -0.4 is 0 Å². The predicted molar refractivity (Wildman–Crippen MR) is 300 cm³/mol. The summed E-state index contributed by atoms with van der Waals surface area (Å²) in [5.74, 6) is 0. The molecule has 0 aromatic heterocycles. The number of methoxy groups -OCH3 is 3. The van der Waals surface area contributed by atoms with Crippen LogP contribution in [-0.2, 0) is 94.7 Å². The molecule has 9 heterocycles. The van der Waals surface area contributed by atoms with Crippen LogP contribution in [0.1, 0.15) is 27.7 Å². The van der Waals surface area contributed by atoms with Crippen molar-refractivity contribution in [3.8, 4) is 0 Å². The van der Waals surface area contributed by atoms with Crippen LogP contribution in [0.5, 0.6) is 0 Å². The van der Waals surface area contributed by atoms with Crippen LogP contribution in [0, 0.1) is 0 Å². The molecular weight excluding hydrogens is 1330 g/mol. The van der Waals surface area contributed by atoms with Crippen molar-refractivity contribution in [1.29, 1.82) is 0 Å². The lowest BCUT2D eigenvalue weighted by Crippen LogP contribution is -2.69. The maximum Gasteiger partial charge on any atom is 0.189 e. The molecule has 0 aromatic carbocycles. The van der Waals surface area contributed by atoms with E-state index in [1.54, 1.807) is 0 Å². The van der Waals surface area contributed by atoms with Gasteiger partial charge in [-0.25, -0.2) is 0 Å². The van der Waals surface area contributed by atoms with Crippen LogP contribution in [0.4, 0.5) is 0 Å². The minimum absolute atomic E-state index is 0.409. The summed E-state index contributed by atoms with van der Waals surface area (Å²) in [6.45, 7) is 1.46. The zero-order valence-electron chi connectivity index (χ0n) is 53.5. The fourth-order valence-corrected chi connectivity index (χ4v) is 13.0. The minimum Gasteiger partial charge on any atom is -0.394 e. The van der Waals surface area contributed by atoms with Crippen molar-refractivity contribution in [3.05, 3.63) is 0 Å². The van der Waals surface area contributed by atoms with Gasteiger partial charge in [-0.1, -0.05) is 0 Å². The van der Waals surface area contributed by atoms with Crippen molar-refractivity contribution in [3.63, 3.8) is 0 Å². The van der Waals surface area contributed by atoms with E-state index in [0.29, 0.717) is 0 Å². The lowest BCUT2D eigenvalue weighted by atomic mass is 9.95. The summed E-state index contributed by atoms with van der Waals surface area (Å²) in [6.07, 6.45) is -79.2. The highest BCUT2D eigenvalue weighted by Gasteiger charge is 2.60. The quantitative estimate of drug-likeness (QED) is 0.0452. The van der Waals surface area contributed by atoms with E-state index in [2.05, 4.69) is 0 Å². The van der Waals surface area contributed by atoms with E-state index in [1.165, 1.54) is 41.9 Å². The van der Waals surface area contributed by atoms with Gasteiger partial charge in [0.25, 0.3) is 0 Å². The highest BCUT2D eigenvalue weighted by Crippen LogP contribution is 2.41. The van der Waals surface area contributed by atoms with Gasteiger partial charge in [0, 0.05) is 21.3 Å². The smallest absolute Gasteiger partial charge is 0.189 e. The van der Waals surface area contributed by atoms with Crippen LogP contribution in [0.2, 0.25) is 0 Å². The zero-order valence-corrected chi connectivity index (χ0v) is 53.5. The molecule has 41 nitrogen and oxygen atoms in total. The van der Waals surface area contributed by atoms with Gasteiger partial charge in [-0.2, -0.15) is 0 Å². The molecule has 0 aromatic rings. The fraction of sp³-hybridized carbons (Fsp3) is 1.00. The van der Waals surface area contributed by atoms with Gasteiger partial charge in [-0.05, 0) is 27.7 Å². The van der Waals surface area contributed by atoms with Crippen LogP contribution in [0.25, 0.3) is 0 Å². The number of rotatable bonds is 23. The molecule has 566 valence electrons. The van der Waals surface area contributed by atoms with Crippen molar-refractivity contribution < 1.29 is 202 Å². The first-order valence-corrected chi connectivity index (χ1v) is 31.7. The monoisotopic (exact) mass is 1420 g/mol. The lowest BCUT2D eigenvalue weighted by molar-refractivity contribution is -0.411. The van der Waals surface area contributed by atoms with Crippen LogP contribution in [0.3, 0.4) is 0 Å². The molecule has 0 saturated carbocycles. The molecule has 41 heteroatoms. The van der Waals surface area contributed by atoms with E-state index >= 15 is 0 Å². The molecule has 0 amide bonds. The van der Waals surface area contributed by atoms with Gasteiger partial charge in [0.15, 0.2) is 56.6 Å². The number of aliphatic hydroxyl groups excluding tert-OH is 21. The van der Waals surface area contributed by atoms with Crippen LogP contribution in [-0.4, -0.2) is 432 Å². The molecule has 21 N–H and O–H groups in total. The molecule has 0 spiro atoms. The number of hydrogen-bond donors (Lipinski definition) is 21. The van der Waals surface area contributed by atoms with E-state index in [1.807, 2.05) is 0 Å². The summed E-state index contributed by atoms with van der Waals surface area (Å²) in [5, 5.41) is 233. The summed E-state index contributed by atoms with van der Waals surface area (Å²) in [4.78, 5) is 0. The van der Waals surface area contributed by atoms with Crippen molar-refractivity contribution in [2.75, 3.05) is 54.4 Å². The Balaban J connectivity index is 0.951. The van der Waals surface area contributed by atoms with Crippen molar-refractivity contribution in [1.82, 2.24) is 0 Å². The Hall–Kier alpha value is -1.64. The summed E-state index contributed by atoms with van der Waals surface area (Å²) >= 11 is 0. The highest BCUT2D eigenvalue weighted by atomic mass is 16.8. The van der Waals surface area contributed by atoms with Gasteiger partial charge in [0.2, 0.25) is 0 Å². The second-order valence-electron chi connectivity index (χ2n) is 25.4. The Morgan fingerprint density at radius 1 is 0.258 bits per heavy atom. The standard InChI is InChI=1S/C56H96O41/c1-13-22(61)32(71)45(79-6)54(83-13)92-40-28(67)20(10-59)88-52(37(40)76)94-43-24(63)15(3)84-55(46(43)80-7)95-44-25(64)16(4)85-56(47(44)96-48-33(72)26(65)17(60)11-81-48)93-41-29(68)19(9-58)87-51(36(41)75)90-39-23(62)14(2)82-50(35(39)74)91-42-30(69)21(12-78-5)89-53(38(42)77)97-49-34(73)31(70)27(66)18(8-57)86-49/h13-77H,8-12H2,1-7H3/t13-,14-,15-,16-,17+,18+,19+,20+,21+,22+,23-,24-,25-,26-,27+,28+,29+,30+,31-,32+,33+,34+,35+,36+,37+,38+,39+,40-,41-,42-,43+,44+,45-,46+,47+,48-,49+,50-,51-,52-,53+,54-,55-,56-/m0/s1. The third kappa shape index (κ3) is 16.6. The van der Waals surface area contributed by atoms with E-state index < -0.39 is 303 Å². The van der Waals surface area contributed by atoms with Crippen molar-refractivity contribution in [2.24, 2.45) is 0 Å². The van der Waals surface area contributed by atoms with E-state index in [4.69, 9.17) is 94.7 Å². The Morgan fingerprint density at radius 2 is 0.577 bits per heavy atom. The Morgan fingerprint density at radius 3 is 1.05 bits per heavy atom. The van der Waals surface area contributed by atoms with Gasteiger partial charge in [0.05, 0.1) is 57.5 Å². The second kappa shape index (κ2) is 34.1. The highest BCUT2D eigenvalue weighted by molar-refractivity contribution is 5.02. The first kappa shape index (κ1) is 79.5. The van der Waals surface area contributed by atoms with Gasteiger partial charge in [-0.3, -0.25) is 0 Å². The fourth-order valence-electron chi connectivity index (χ4n) is 13.0. The number of hydrogen-bond acceptors (Lipinski definition) is 41. The van der Waals surface area contributed by atoms with Gasteiger partial charge in [-0.15, -0.1) is 0 Å². The molecule has 97 heavy (non-hydrogen) atoms. The van der Waals surface area contributed by atoms with Crippen molar-refractivity contribution >= 4 is 0 Å². The lowest BCUT2D eigenvalue weighted by Gasteiger charge is -2.51.